The predicted octanol–water partition coefficient (Wildman–Crippen LogP) is 0.903. The molecule has 18 heavy (non-hydrogen) atoms. The highest BCUT2D eigenvalue weighted by Gasteiger charge is 2.22. The number of hydrogen-bond donors (Lipinski definition) is 0. The molecule has 0 saturated heterocycles. The summed E-state index contributed by atoms with van der Waals surface area (Å²) in [4.78, 5) is 16.8. The summed E-state index contributed by atoms with van der Waals surface area (Å²) in [7, 11) is 8.76. The summed E-state index contributed by atoms with van der Waals surface area (Å²) >= 11 is 0. The fourth-order valence-electron chi connectivity index (χ4n) is 1.59. The van der Waals surface area contributed by atoms with Crippen molar-refractivity contribution in [2.24, 2.45) is 5.92 Å². The molecular weight excluding hydrogens is 229 g/mol. The molecule has 5 heteroatoms. The van der Waals surface area contributed by atoms with Crippen LogP contribution >= 0.6 is 0 Å². The van der Waals surface area contributed by atoms with Crippen molar-refractivity contribution in [1.82, 2.24) is 5.06 Å². The summed E-state index contributed by atoms with van der Waals surface area (Å²) in [5, 5.41) is 1.15. The van der Waals surface area contributed by atoms with E-state index in [0.29, 0.717) is 29.3 Å². The number of amides is 1. The Kier molecular flexibility index (Phi) is 3.92. The maximum absolute atomic E-state index is 11.9. The molecule has 0 heterocycles. The molecule has 1 saturated carbocycles. The molecule has 1 aliphatic carbocycles. The number of hydrogen-bond acceptors (Lipinski definition) is 3. The molecule has 2 rings (SSSR count). The molecule has 0 spiro atoms. The Morgan fingerprint density at radius 2 is 2.17 bits per heavy atom. The van der Waals surface area contributed by atoms with E-state index in [4.69, 9.17) is 17.4 Å². The second kappa shape index (κ2) is 5.44. The number of rotatable bonds is 5. The van der Waals surface area contributed by atoms with Crippen LogP contribution in [0.15, 0.2) is 18.2 Å². The van der Waals surface area contributed by atoms with Crippen LogP contribution < -0.4 is 10.2 Å². The summed E-state index contributed by atoms with van der Waals surface area (Å²) in [5.41, 5.74) is 0.973. The lowest BCUT2D eigenvalue weighted by molar-refractivity contribution is -0.0757. The second-order valence-electron chi connectivity index (χ2n) is 4.53. The van der Waals surface area contributed by atoms with Crippen molar-refractivity contribution in [1.29, 1.82) is 0 Å². The molecule has 0 aliphatic heterocycles. The molecule has 0 atom stereocenters. The Labute approximate surface area is 108 Å². The summed E-state index contributed by atoms with van der Waals surface area (Å²) in [5.74, 6) is 1.04. The van der Waals surface area contributed by atoms with Gasteiger partial charge in [0.1, 0.15) is 13.6 Å². The minimum absolute atomic E-state index is 0.249. The predicted molar refractivity (Wildman–Crippen MR) is 69.2 cm³/mol. The number of ether oxygens (including phenoxy) is 1. The van der Waals surface area contributed by atoms with Crippen LogP contribution in [0.4, 0.5) is 0 Å². The number of nitrogens with zero attached hydrogens (tertiary/aromatic N) is 1. The average Bonchev–Trinajstić information content (AvgIpc) is 3.18. The fraction of sp³-hybridized carbons (Fsp3) is 0.462. The monoisotopic (exact) mass is 245 g/mol. The summed E-state index contributed by atoms with van der Waals surface area (Å²) in [6.07, 6.45) is 2.45. The van der Waals surface area contributed by atoms with Crippen molar-refractivity contribution in [3.63, 3.8) is 0 Å². The molecule has 1 amide bonds. The molecule has 1 aliphatic rings. The Morgan fingerprint density at radius 3 is 2.78 bits per heavy atom. The van der Waals surface area contributed by atoms with E-state index in [1.807, 2.05) is 0 Å². The molecular formula is C13H16BNO3. The van der Waals surface area contributed by atoms with Gasteiger partial charge < -0.3 is 4.74 Å². The van der Waals surface area contributed by atoms with Gasteiger partial charge in [-0.05, 0) is 30.9 Å². The van der Waals surface area contributed by atoms with Gasteiger partial charge in [0.2, 0.25) is 0 Å². The third-order valence-corrected chi connectivity index (χ3v) is 2.92. The number of benzene rings is 1. The van der Waals surface area contributed by atoms with Gasteiger partial charge in [0, 0.05) is 12.6 Å². The van der Waals surface area contributed by atoms with E-state index in [2.05, 4.69) is 0 Å². The number of carbonyl (C=O) groups is 1. The first kappa shape index (κ1) is 13.0. The zero-order valence-corrected chi connectivity index (χ0v) is 10.7. The number of hydroxylamine groups is 2. The summed E-state index contributed by atoms with van der Waals surface area (Å²) in [6.45, 7) is 0.692. The normalized spacial score (nSPS) is 14.3. The Morgan fingerprint density at radius 1 is 1.44 bits per heavy atom. The van der Waals surface area contributed by atoms with E-state index in [1.165, 1.54) is 20.0 Å². The van der Waals surface area contributed by atoms with Gasteiger partial charge in [-0.3, -0.25) is 9.63 Å². The zero-order valence-electron chi connectivity index (χ0n) is 10.7. The Balaban J connectivity index is 2.11. The lowest BCUT2D eigenvalue weighted by atomic mass is 9.94. The molecule has 1 aromatic rings. The van der Waals surface area contributed by atoms with Crippen LogP contribution in [0.2, 0.25) is 0 Å². The molecule has 4 nitrogen and oxygen atoms in total. The quantitative estimate of drug-likeness (QED) is 0.571. The topological polar surface area (TPSA) is 38.8 Å². The van der Waals surface area contributed by atoms with E-state index in [-0.39, 0.29) is 5.91 Å². The third-order valence-electron chi connectivity index (χ3n) is 2.92. The highest BCUT2D eigenvalue weighted by atomic mass is 16.7. The first-order valence-electron chi connectivity index (χ1n) is 5.95. The van der Waals surface area contributed by atoms with E-state index < -0.39 is 0 Å². The molecule has 0 aromatic heterocycles. The summed E-state index contributed by atoms with van der Waals surface area (Å²) < 4.78 is 5.62. The summed E-state index contributed by atoms with van der Waals surface area (Å²) in [6, 6.07) is 5.03. The van der Waals surface area contributed by atoms with Crippen LogP contribution in [0.25, 0.3) is 0 Å². The van der Waals surface area contributed by atoms with Crippen molar-refractivity contribution in [2.75, 3.05) is 20.8 Å². The lowest BCUT2D eigenvalue weighted by Crippen LogP contribution is -2.26. The molecule has 0 unspecified atom stereocenters. The largest absolute Gasteiger partial charge is 0.493 e. The molecule has 0 bridgehead atoms. The lowest BCUT2D eigenvalue weighted by Gasteiger charge is -2.15. The molecule has 94 valence electrons. The van der Waals surface area contributed by atoms with Crippen molar-refractivity contribution >= 4 is 19.2 Å². The van der Waals surface area contributed by atoms with Gasteiger partial charge in [-0.1, -0.05) is 11.5 Å². The SMILES string of the molecule is [B]c1cc(OCC2CC2)cc(C(=O)N(C)OC)c1. The van der Waals surface area contributed by atoms with Crippen LogP contribution in [0.1, 0.15) is 23.2 Å². The molecule has 1 aromatic carbocycles. The maximum Gasteiger partial charge on any atom is 0.277 e. The third kappa shape index (κ3) is 3.26. The van der Waals surface area contributed by atoms with Crippen molar-refractivity contribution < 1.29 is 14.4 Å². The smallest absolute Gasteiger partial charge is 0.277 e. The molecule has 2 radical (unpaired) electrons. The minimum Gasteiger partial charge on any atom is -0.493 e. The van der Waals surface area contributed by atoms with Crippen LogP contribution in [0.5, 0.6) is 5.75 Å². The zero-order chi connectivity index (χ0) is 13.1. The van der Waals surface area contributed by atoms with Crippen molar-refractivity contribution in [3.8, 4) is 5.75 Å². The van der Waals surface area contributed by atoms with Crippen LogP contribution in [-0.4, -0.2) is 39.6 Å². The Bertz CT molecular complexity index is 446. The molecule has 1 fully saturated rings. The van der Waals surface area contributed by atoms with Gasteiger partial charge in [0.15, 0.2) is 0 Å². The van der Waals surface area contributed by atoms with Gasteiger partial charge in [-0.25, -0.2) is 5.06 Å². The highest BCUT2D eigenvalue weighted by molar-refractivity contribution is 6.32. The van der Waals surface area contributed by atoms with Gasteiger partial charge in [0.05, 0.1) is 13.7 Å². The van der Waals surface area contributed by atoms with Crippen LogP contribution in [-0.2, 0) is 4.84 Å². The fourth-order valence-corrected chi connectivity index (χ4v) is 1.59. The highest BCUT2D eigenvalue weighted by Crippen LogP contribution is 2.29. The average molecular weight is 245 g/mol. The maximum atomic E-state index is 11.9. The standard InChI is InChI=1S/C13H16BNO3/c1-15(17-2)13(16)10-5-11(14)7-12(6-10)18-8-9-3-4-9/h5-7,9H,3-4,8H2,1-2H3. The Hall–Kier alpha value is -1.49. The van der Waals surface area contributed by atoms with Gasteiger partial charge in [-0.2, -0.15) is 0 Å². The van der Waals surface area contributed by atoms with Crippen LogP contribution in [0, 0.1) is 5.92 Å². The first-order chi connectivity index (χ1) is 8.60. The minimum atomic E-state index is -0.249. The first-order valence-corrected chi connectivity index (χ1v) is 5.95. The van der Waals surface area contributed by atoms with Crippen molar-refractivity contribution in [3.05, 3.63) is 23.8 Å². The van der Waals surface area contributed by atoms with E-state index in [1.54, 1.807) is 25.2 Å². The van der Waals surface area contributed by atoms with Crippen LogP contribution in [0.3, 0.4) is 0 Å². The molecule has 0 N–H and O–H groups in total. The second-order valence-corrected chi connectivity index (χ2v) is 4.53. The van der Waals surface area contributed by atoms with E-state index in [9.17, 15) is 4.79 Å². The van der Waals surface area contributed by atoms with E-state index in [0.717, 1.165) is 5.06 Å². The van der Waals surface area contributed by atoms with Crippen molar-refractivity contribution in [2.45, 2.75) is 12.8 Å². The van der Waals surface area contributed by atoms with Gasteiger partial charge >= 0.3 is 0 Å². The number of carbonyl (C=O) groups excluding carboxylic acids is 1. The van der Waals surface area contributed by atoms with E-state index >= 15 is 0 Å². The van der Waals surface area contributed by atoms with Gasteiger partial charge in [0.25, 0.3) is 5.91 Å². The van der Waals surface area contributed by atoms with Gasteiger partial charge in [-0.15, -0.1) is 0 Å².